The predicted octanol–water partition coefficient (Wildman–Crippen LogP) is 3.88. The minimum absolute atomic E-state index is 0.157. The Labute approximate surface area is 142 Å². The molecule has 2 aromatic carbocycles. The summed E-state index contributed by atoms with van der Waals surface area (Å²) < 4.78 is 18.7. The highest BCUT2D eigenvalue weighted by Crippen LogP contribution is 2.24. The lowest BCUT2D eigenvalue weighted by atomic mass is 10.1. The van der Waals surface area contributed by atoms with E-state index >= 15 is 0 Å². The van der Waals surface area contributed by atoms with Crippen LogP contribution in [0.25, 0.3) is 0 Å². The van der Waals surface area contributed by atoms with Crippen LogP contribution >= 0.6 is 0 Å². The Morgan fingerprint density at radius 1 is 1.17 bits per heavy atom. The number of aryl methyl sites for hydroxylation is 2. The van der Waals surface area contributed by atoms with E-state index in [4.69, 9.17) is 4.74 Å². The van der Waals surface area contributed by atoms with Crippen LogP contribution < -0.4 is 10.1 Å². The van der Waals surface area contributed by atoms with E-state index in [1.807, 2.05) is 26.8 Å². The summed E-state index contributed by atoms with van der Waals surface area (Å²) in [5.41, 5.74) is 4.29. The second-order valence-corrected chi connectivity index (χ2v) is 6.13. The van der Waals surface area contributed by atoms with Crippen LogP contribution in [0, 0.1) is 26.6 Å². The molecule has 0 fully saturated rings. The number of nitrogens with one attached hydrogen (secondary N) is 1. The average molecular weight is 329 g/mol. The molecule has 0 radical (unpaired) electrons. The Morgan fingerprint density at radius 3 is 2.50 bits per heavy atom. The van der Waals surface area contributed by atoms with Gasteiger partial charge in [0.05, 0.1) is 0 Å². The Balaban J connectivity index is 1.87. The van der Waals surface area contributed by atoms with Crippen LogP contribution in [-0.4, -0.2) is 18.6 Å². The van der Waals surface area contributed by atoms with Crippen LogP contribution in [-0.2, 0) is 11.2 Å². The summed E-state index contributed by atoms with van der Waals surface area (Å²) in [5.74, 6) is 0.331. The third kappa shape index (κ3) is 4.82. The minimum atomic E-state index is -0.571. The zero-order valence-electron chi connectivity index (χ0n) is 14.7. The molecule has 0 unspecified atom stereocenters. The lowest BCUT2D eigenvalue weighted by Gasteiger charge is -2.18. The van der Waals surface area contributed by atoms with Gasteiger partial charge in [-0.1, -0.05) is 18.2 Å². The molecule has 0 spiro atoms. The second-order valence-electron chi connectivity index (χ2n) is 6.13. The Kier molecular flexibility index (Phi) is 5.96. The first-order valence-corrected chi connectivity index (χ1v) is 8.13. The molecule has 0 saturated heterocycles. The van der Waals surface area contributed by atoms with Gasteiger partial charge in [0.15, 0.2) is 6.10 Å². The van der Waals surface area contributed by atoms with Gasteiger partial charge in [-0.05, 0) is 74.6 Å². The minimum Gasteiger partial charge on any atom is -0.481 e. The maximum Gasteiger partial charge on any atom is 0.260 e. The van der Waals surface area contributed by atoms with Crippen molar-refractivity contribution in [3.63, 3.8) is 0 Å². The van der Waals surface area contributed by atoms with Crippen molar-refractivity contribution in [2.45, 2.75) is 40.2 Å². The molecule has 2 aromatic rings. The maximum absolute atomic E-state index is 12.9. The Bertz CT molecular complexity index is 710. The lowest BCUT2D eigenvalue weighted by Crippen LogP contribution is -2.37. The molecule has 0 aliphatic heterocycles. The summed E-state index contributed by atoms with van der Waals surface area (Å²) in [7, 11) is 0. The van der Waals surface area contributed by atoms with Gasteiger partial charge in [0, 0.05) is 6.54 Å². The summed E-state index contributed by atoms with van der Waals surface area (Å²) in [6.45, 7) is 8.26. The lowest BCUT2D eigenvalue weighted by molar-refractivity contribution is -0.127. The molecule has 1 atom stereocenters. The number of benzene rings is 2. The standard InChI is InChI=1S/C20H24FNO2/c1-13-11-14(2)15(3)19(12-13)24-16(4)20(23)22-10-9-17-5-7-18(21)8-6-17/h5-8,11-12,16H,9-10H2,1-4H3,(H,22,23)/t16-/m1/s1. The average Bonchev–Trinajstić information content (AvgIpc) is 2.53. The topological polar surface area (TPSA) is 38.3 Å². The largest absolute Gasteiger partial charge is 0.481 e. The summed E-state index contributed by atoms with van der Waals surface area (Å²) in [6, 6.07) is 10.3. The zero-order valence-corrected chi connectivity index (χ0v) is 14.7. The van der Waals surface area contributed by atoms with Gasteiger partial charge < -0.3 is 10.1 Å². The fraction of sp³-hybridized carbons (Fsp3) is 0.350. The van der Waals surface area contributed by atoms with Crippen LogP contribution in [0.5, 0.6) is 5.75 Å². The molecule has 0 aromatic heterocycles. The van der Waals surface area contributed by atoms with E-state index in [1.165, 1.54) is 12.1 Å². The molecular weight excluding hydrogens is 305 g/mol. The van der Waals surface area contributed by atoms with Gasteiger partial charge in [-0.15, -0.1) is 0 Å². The van der Waals surface area contributed by atoms with E-state index in [0.717, 1.165) is 28.0 Å². The third-order valence-electron chi connectivity index (χ3n) is 4.06. The van der Waals surface area contributed by atoms with E-state index in [-0.39, 0.29) is 11.7 Å². The second kappa shape index (κ2) is 7.95. The van der Waals surface area contributed by atoms with Gasteiger partial charge in [0.2, 0.25) is 0 Å². The first-order chi connectivity index (χ1) is 11.4. The molecule has 3 nitrogen and oxygen atoms in total. The van der Waals surface area contributed by atoms with E-state index in [1.54, 1.807) is 19.1 Å². The van der Waals surface area contributed by atoms with Crippen LogP contribution in [0.3, 0.4) is 0 Å². The van der Waals surface area contributed by atoms with Crippen molar-refractivity contribution in [2.24, 2.45) is 0 Å². The fourth-order valence-corrected chi connectivity index (χ4v) is 2.49. The van der Waals surface area contributed by atoms with Gasteiger partial charge in [-0.3, -0.25) is 4.79 Å². The van der Waals surface area contributed by atoms with Crippen LogP contribution in [0.2, 0.25) is 0 Å². The Morgan fingerprint density at radius 2 is 1.83 bits per heavy atom. The molecule has 0 heterocycles. The Hall–Kier alpha value is -2.36. The van der Waals surface area contributed by atoms with Gasteiger partial charge in [-0.25, -0.2) is 4.39 Å². The highest BCUT2D eigenvalue weighted by Gasteiger charge is 2.16. The van der Waals surface area contributed by atoms with Crippen molar-refractivity contribution in [3.8, 4) is 5.75 Å². The molecule has 1 N–H and O–H groups in total. The summed E-state index contributed by atoms with van der Waals surface area (Å²) >= 11 is 0. The van der Waals surface area contributed by atoms with Crippen molar-refractivity contribution >= 4 is 5.91 Å². The maximum atomic E-state index is 12.9. The zero-order chi connectivity index (χ0) is 17.7. The molecule has 0 aliphatic rings. The van der Waals surface area contributed by atoms with Crippen molar-refractivity contribution in [3.05, 3.63) is 64.5 Å². The van der Waals surface area contributed by atoms with Crippen LogP contribution in [0.15, 0.2) is 36.4 Å². The summed E-state index contributed by atoms with van der Waals surface area (Å²) in [5, 5.41) is 2.86. The van der Waals surface area contributed by atoms with Crippen LogP contribution in [0.4, 0.5) is 4.39 Å². The molecule has 128 valence electrons. The molecule has 24 heavy (non-hydrogen) atoms. The number of ether oxygens (including phenoxy) is 1. The predicted molar refractivity (Wildman–Crippen MR) is 93.9 cm³/mol. The van der Waals surface area contributed by atoms with Gasteiger partial charge in [0.1, 0.15) is 11.6 Å². The van der Waals surface area contributed by atoms with Crippen LogP contribution in [0.1, 0.15) is 29.2 Å². The van der Waals surface area contributed by atoms with Crippen molar-refractivity contribution in [1.82, 2.24) is 5.32 Å². The first-order valence-electron chi connectivity index (χ1n) is 8.13. The number of amides is 1. The van der Waals surface area contributed by atoms with Gasteiger partial charge in [-0.2, -0.15) is 0 Å². The third-order valence-corrected chi connectivity index (χ3v) is 4.06. The number of carbonyl (C=O) groups excluding carboxylic acids is 1. The number of hydrogen-bond acceptors (Lipinski definition) is 2. The summed E-state index contributed by atoms with van der Waals surface area (Å²) in [4.78, 5) is 12.2. The normalized spacial score (nSPS) is 11.9. The molecule has 4 heteroatoms. The van der Waals surface area contributed by atoms with Gasteiger partial charge >= 0.3 is 0 Å². The van der Waals surface area contributed by atoms with Gasteiger partial charge in [0.25, 0.3) is 5.91 Å². The van der Waals surface area contributed by atoms with Crippen molar-refractivity contribution in [2.75, 3.05) is 6.54 Å². The molecule has 1 amide bonds. The van der Waals surface area contributed by atoms with E-state index in [0.29, 0.717) is 13.0 Å². The van der Waals surface area contributed by atoms with E-state index in [9.17, 15) is 9.18 Å². The number of hydrogen-bond donors (Lipinski definition) is 1. The highest BCUT2D eigenvalue weighted by atomic mass is 19.1. The van der Waals surface area contributed by atoms with Crippen molar-refractivity contribution < 1.29 is 13.9 Å². The van der Waals surface area contributed by atoms with E-state index in [2.05, 4.69) is 11.4 Å². The first kappa shape index (κ1) is 18.0. The number of carbonyl (C=O) groups is 1. The SMILES string of the molecule is Cc1cc(C)c(C)c(O[C@H](C)C(=O)NCCc2ccc(F)cc2)c1. The summed E-state index contributed by atoms with van der Waals surface area (Å²) in [6.07, 6.45) is 0.0829. The smallest absolute Gasteiger partial charge is 0.260 e. The fourth-order valence-electron chi connectivity index (χ4n) is 2.49. The van der Waals surface area contributed by atoms with Crippen molar-refractivity contribution in [1.29, 1.82) is 0 Å². The molecule has 0 bridgehead atoms. The highest BCUT2D eigenvalue weighted by molar-refractivity contribution is 5.80. The number of rotatable bonds is 6. The molecule has 0 aliphatic carbocycles. The quantitative estimate of drug-likeness (QED) is 0.873. The van der Waals surface area contributed by atoms with E-state index < -0.39 is 6.10 Å². The number of halogens is 1. The monoisotopic (exact) mass is 329 g/mol. The molecular formula is C20H24FNO2. The molecule has 2 rings (SSSR count). The molecule has 0 saturated carbocycles.